The molecule has 1 heterocycles. The summed E-state index contributed by atoms with van der Waals surface area (Å²) in [7, 11) is 0. The van der Waals surface area contributed by atoms with Gasteiger partial charge in [-0.1, -0.05) is 25.7 Å². The lowest BCUT2D eigenvalue weighted by atomic mass is 9.97. The maximum atomic E-state index is 9.81. The Kier molecular flexibility index (Phi) is 2.64. The Bertz CT molecular complexity index is 239. The molecule has 1 unspecified atom stereocenters. The highest BCUT2D eigenvalue weighted by atomic mass is 16.3. The molecular formula is C10H16N2O. The van der Waals surface area contributed by atoms with Crippen molar-refractivity contribution in [1.82, 2.24) is 10.2 Å². The number of aromatic amines is 1. The average Bonchev–Trinajstić information content (AvgIpc) is 2.74. The van der Waals surface area contributed by atoms with Crippen molar-refractivity contribution < 1.29 is 5.11 Å². The van der Waals surface area contributed by atoms with Crippen LogP contribution in [0.1, 0.15) is 43.8 Å². The molecule has 0 radical (unpaired) electrons. The molecule has 1 fully saturated rings. The molecule has 3 nitrogen and oxygen atoms in total. The van der Waals surface area contributed by atoms with Crippen LogP contribution in [0.5, 0.6) is 0 Å². The fraction of sp³-hybridized carbons (Fsp3) is 0.700. The maximum Gasteiger partial charge on any atom is 0.0823 e. The minimum absolute atomic E-state index is 0.318. The Morgan fingerprint density at radius 3 is 2.92 bits per heavy atom. The molecule has 2 N–H and O–H groups in total. The van der Waals surface area contributed by atoms with Gasteiger partial charge in [-0.2, -0.15) is 5.10 Å². The van der Waals surface area contributed by atoms with E-state index in [1.807, 2.05) is 0 Å². The third-order valence-corrected chi connectivity index (χ3v) is 2.94. The van der Waals surface area contributed by atoms with Gasteiger partial charge in [-0.3, -0.25) is 5.10 Å². The molecule has 0 bridgehead atoms. The molecule has 72 valence electrons. The summed E-state index contributed by atoms with van der Waals surface area (Å²) in [5, 5.41) is 16.4. The molecule has 0 spiro atoms. The summed E-state index contributed by atoms with van der Waals surface area (Å²) in [4.78, 5) is 0. The van der Waals surface area contributed by atoms with Crippen molar-refractivity contribution in [2.75, 3.05) is 0 Å². The molecular weight excluding hydrogens is 164 g/mol. The number of hydrogen-bond acceptors (Lipinski definition) is 2. The molecule has 1 saturated carbocycles. The SMILES string of the molecule is OC(CC1CCCC1)c1cn[nH]c1. The lowest BCUT2D eigenvalue weighted by Gasteiger charge is -2.13. The normalized spacial score (nSPS) is 20.7. The average molecular weight is 180 g/mol. The van der Waals surface area contributed by atoms with E-state index in [1.54, 1.807) is 12.4 Å². The van der Waals surface area contributed by atoms with Crippen LogP contribution in [-0.4, -0.2) is 15.3 Å². The smallest absolute Gasteiger partial charge is 0.0823 e. The first-order valence-electron chi connectivity index (χ1n) is 5.03. The van der Waals surface area contributed by atoms with Crippen molar-refractivity contribution in [2.24, 2.45) is 5.92 Å². The predicted octanol–water partition coefficient (Wildman–Crippen LogP) is 2.02. The topological polar surface area (TPSA) is 48.9 Å². The van der Waals surface area contributed by atoms with Crippen LogP contribution in [-0.2, 0) is 0 Å². The summed E-state index contributed by atoms with van der Waals surface area (Å²) >= 11 is 0. The third-order valence-electron chi connectivity index (χ3n) is 2.94. The van der Waals surface area contributed by atoms with Crippen LogP contribution in [0.15, 0.2) is 12.4 Å². The second kappa shape index (κ2) is 3.92. The van der Waals surface area contributed by atoms with E-state index in [1.165, 1.54) is 25.7 Å². The highest BCUT2D eigenvalue weighted by Crippen LogP contribution is 2.32. The largest absolute Gasteiger partial charge is 0.388 e. The monoisotopic (exact) mass is 180 g/mol. The molecule has 1 aliphatic rings. The zero-order chi connectivity index (χ0) is 9.10. The summed E-state index contributed by atoms with van der Waals surface area (Å²) in [5.41, 5.74) is 0.923. The molecule has 13 heavy (non-hydrogen) atoms. The van der Waals surface area contributed by atoms with E-state index in [2.05, 4.69) is 10.2 Å². The van der Waals surface area contributed by atoms with Gasteiger partial charge < -0.3 is 5.11 Å². The first-order chi connectivity index (χ1) is 6.36. The number of nitrogens with zero attached hydrogens (tertiary/aromatic N) is 1. The van der Waals surface area contributed by atoms with E-state index in [0.717, 1.165) is 17.9 Å². The van der Waals surface area contributed by atoms with Crippen molar-refractivity contribution in [1.29, 1.82) is 0 Å². The van der Waals surface area contributed by atoms with Gasteiger partial charge >= 0.3 is 0 Å². The zero-order valence-electron chi connectivity index (χ0n) is 7.74. The maximum absolute atomic E-state index is 9.81. The van der Waals surface area contributed by atoms with Gasteiger partial charge in [0.2, 0.25) is 0 Å². The van der Waals surface area contributed by atoms with Gasteiger partial charge in [-0.25, -0.2) is 0 Å². The molecule has 0 amide bonds. The van der Waals surface area contributed by atoms with Crippen molar-refractivity contribution in [3.63, 3.8) is 0 Å². The van der Waals surface area contributed by atoms with E-state index in [4.69, 9.17) is 0 Å². The summed E-state index contributed by atoms with van der Waals surface area (Å²) in [5.74, 6) is 0.727. The number of nitrogens with one attached hydrogen (secondary N) is 1. The van der Waals surface area contributed by atoms with Crippen molar-refractivity contribution >= 4 is 0 Å². The van der Waals surface area contributed by atoms with Gasteiger partial charge in [0.15, 0.2) is 0 Å². The standard InChI is InChI=1S/C10H16N2O/c13-10(9-6-11-12-7-9)5-8-3-1-2-4-8/h6-8,10,13H,1-5H2,(H,11,12). The molecule has 1 aromatic rings. The van der Waals surface area contributed by atoms with Crippen molar-refractivity contribution in [3.8, 4) is 0 Å². The van der Waals surface area contributed by atoms with Crippen LogP contribution in [0.2, 0.25) is 0 Å². The number of rotatable bonds is 3. The van der Waals surface area contributed by atoms with E-state index in [-0.39, 0.29) is 6.10 Å². The fourth-order valence-electron chi connectivity index (χ4n) is 2.14. The summed E-state index contributed by atoms with van der Waals surface area (Å²) in [6.07, 6.45) is 9.32. The van der Waals surface area contributed by atoms with Crippen LogP contribution in [0.4, 0.5) is 0 Å². The Labute approximate surface area is 78.2 Å². The van der Waals surface area contributed by atoms with Crippen molar-refractivity contribution in [2.45, 2.75) is 38.2 Å². The van der Waals surface area contributed by atoms with E-state index < -0.39 is 0 Å². The summed E-state index contributed by atoms with van der Waals surface area (Å²) in [6.45, 7) is 0. The Hall–Kier alpha value is -0.830. The number of aliphatic hydroxyl groups is 1. The Morgan fingerprint density at radius 2 is 2.31 bits per heavy atom. The van der Waals surface area contributed by atoms with Gasteiger partial charge in [0, 0.05) is 11.8 Å². The lowest BCUT2D eigenvalue weighted by Crippen LogP contribution is -2.03. The van der Waals surface area contributed by atoms with E-state index in [9.17, 15) is 5.11 Å². The molecule has 3 heteroatoms. The fourth-order valence-corrected chi connectivity index (χ4v) is 2.14. The quantitative estimate of drug-likeness (QED) is 0.747. The lowest BCUT2D eigenvalue weighted by molar-refractivity contribution is 0.145. The molecule has 1 atom stereocenters. The second-order valence-electron chi connectivity index (χ2n) is 3.93. The van der Waals surface area contributed by atoms with Crippen LogP contribution in [0.25, 0.3) is 0 Å². The predicted molar refractivity (Wildman–Crippen MR) is 50.1 cm³/mol. The highest BCUT2D eigenvalue weighted by molar-refractivity contribution is 5.06. The minimum atomic E-state index is -0.318. The summed E-state index contributed by atoms with van der Waals surface area (Å²) in [6, 6.07) is 0. The molecule has 0 saturated heterocycles. The number of H-pyrrole nitrogens is 1. The van der Waals surface area contributed by atoms with E-state index >= 15 is 0 Å². The second-order valence-corrected chi connectivity index (χ2v) is 3.93. The minimum Gasteiger partial charge on any atom is -0.388 e. The highest BCUT2D eigenvalue weighted by Gasteiger charge is 2.19. The van der Waals surface area contributed by atoms with Crippen LogP contribution < -0.4 is 0 Å². The van der Waals surface area contributed by atoms with Gasteiger partial charge in [-0.15, -0.1) is 0 Å². The van der Waals surface area contributed by atoms with Gasteiger partial charge in [0.05, 0.1) is 12.3 Å². The van der Waals surface area contributed by atoms with Gasteiger partial charge in [-0.05, 0) is 12.3 Å². The van der Waals surface area contributed by atoms with Crippen molar-refractivity contribution in [3.05, 3.63) is 18.0 Å². The summed E-state index contributed by atoms with van der Waals surface area (Å²) < 4.78 is 0. The van der Waals surface area contributed by atoms with Crippen LogP contribution >= 0.6 is 0 Å². The Morgan fingerprint density at radius 1 is 1.54 bits per heavy atom. The van der Waals surface area contributed by atoms with Gasteiger partial charge in [0.25, 0.3) is 0 Å². The number of hydrogen-bond donors (Lipinski definition) is 2. The molecule has 0 aromatic carbocycles. The molecule has 2 rings (SSSR count). The number of aromatic nitrogens is 2. The van der Waals surface area contributed by atoms with Crippen LogP contribution in [0, 0.1) is 5.92 Å². The number of aliphatic hydroxyl groups excluding tert-OH is 1. The first-order valence-corrected chi connectivity index (χ1v) is 5.03. The zero-order valence-corrected chi connectivity index (χ0v) is 7.74. The van der Waals surface area contributed by atoms with Crippen LogP contribution in [0.3, 0.4) is 0 Å². The third kappa shape index (κ3) is 2.10. The molecule has 0 aliphatic heterocycles. The first kappa shape index (κ1) is 8.75. The molecule has 1 aromatic heterocycles. The molecule has 1 aliphatic carbocycles. The van der Waals surface area contributed by atoms with Gasteiger partial charge in [0.1, 0.15) is 0 Å². The Balaban J connectivity index is 1.87. The van der Waals surface area contributed by atoms with E-state index in [0.29, 0.717) is 0 Å².